The molecule has 1 heterocycles. The second kappa shape index (κ2) is 8.30. The summed E-state index contributed by atoms with van der Waals surface area (Å²) in [5, 5.41) is 26.4. The second-order valence-corrected chi connectivity index (χ2v) is 5.70. The number of carbonyl (C=O) groups is 3. The topological polar surface area (TPSA) is 128 Å². The van der Waals surface area contributed by atoms with Crippen molar-refractivity contribution < 1.29 is 24.6 Å². The van der Waals surface area contributed by atoms with Crippen LogP contribution in [0.15, 0.2) is 24.3 Å². The van der Waals surface area contributed by atoms with Crippen LogP contribution in [-0.4, -0.2) is 53.2 Å². The maximum Gasteiger partial charge on any atom is 0.326 e. The number of carboxylic acid groups (broad SMARTS) is 1. The lowest BCUT2D eigenvalue weighted by Gasteiger charge is -2.16. The van der Waals surface area contributed by atoms with Gasteiger partial charge >= 0.3 is 5.97 Å². The molecule has 0 saturated carbocycles. The number of phenols is 1. The molecule has 5 N–H and O–H groups in total. The van der Waals surface area contributed by atoms with E-state index in [4.69, 9.17) is 0 Å². The van der Waals surface area contributed by atoms with E-state index in [-0.39, 0.29) is 30.7 Å². The van der Waals surface area contributed by atoms with Crippen molar-refractivity contribution in [2.75, 3.05) is 13.1 Å². The zero-order valence-electron chi connectivity index (χ0n) is 13.1. The van der Waals surface area contributed by atoms with Crippen molar-refractivity contribution in [3.63, 3.8) is 0 Å². The molecule has 0 radical (unpaired) electrons. The molecular weight excluding hydrogens is 314 g/mol. The quantitative estimate of drug-likeness (QED) is 0.451. The molecule has 0 bridgehead atoms. The molecule has 1 aliphatic heterocycles. The Hall–Kier alpha value is -2.61. The Morgan fingerprint density at radius 3 is 2.54 bits per heavy atom. The highest BCUT2D eigenvalue weighted by molar-refractivity contribution is 5.89. The lowest BCUT2D eigenvalue weighted by Crippen LogP contribution is -2.49. The van der Waals surface area contributed by atoms with E-state index in [9.17, 15) is 24.6 Å². The smallest absolute Gasteiger partial charge is 0.326 e. The Morgan fingerprint density at radius 2 is 1.96 bits per heavy atom. The van der Waals surface area contributed by atoms with Gasteiger partial charge in [0.1, 0.15) is 11.8 Å². The van der Waals surface area contributed by atoms with Crippen LogP contribution in [0.2, 0.25) is 0 Å². The fourth-order valence-corrected chi connectivity index (χ4v) is 2.51. The van der Waals surface area contributed by atoms with Crippen LogP contribution < -0.4 is 16.0 Å². The van der Waals surface area contributed by atoms with Crippen molar-refractivity contribution in [1.82, 2.24) is 16.0 Å². The Balaban J connectivity index is 1.83. The summed E-state index contributed by atoms with van der Waals surface area (Å²) in [7, 11) is 0. The molecule has 1 aromatic carbocycles. The molecule has 0 aliphatic carbocycles. The molecule has 0 spiro atoms. The third-order valence-corrected chi connectivity index (χ3v) is 3.81. The van der Waals surface area contributed by atoms with Crippen LogP contribution in [0.3, 0.4) is 0 Å². The standard InChI is InChI=1S/C16H21N3O5/c20-11-5-3-10(4-6-11)8-13(16(23)24)19-14(21)9-18-15(22)12-2-1-7-17-12/h3-6,12-13,17,20H,1-2,7-9H2,(H,18,22)(H,19,21)(H,23,24)/t12-,13-/m0/s1. The van der Waals surface area contributed by atoms with E-state index in [1.54, 1.807) is 12.1 Å². The Labute approximate surface area is 139 Å². The first kappa shape index (κ1) is 17.7. The molecule has 2 amide bonds. The van der Waals surface area contributed by atoms with Gasteiger partial charge in [0.25, 0.3) is 0 Å². The van der Waals surface area contributed by atoms with Crippen LogP contribution >= 0.6 is 0 Å². The SMILES string of the molecule is O=C(CNC(=O)[C@@H]1CCCN1)N[C@@H](Cc1ccc(O)cc1)C(=O)O. The van der Waals surface area contributed by atoms with Gasteiger partial charge in [-0.3, -0.25) is 9.59 Å². The van der Waals surface area contributed by atoms with E-state index in [0.717, 1.165) is 19.4 Å². The van der Waals surface area contributed by atoms with Gasteiger partial charge in [0.15, 0.2) is 0 Å². The first-order chi connectivity index (χ1) is 11.5. The Kier molecular flexibility index (Phi) is 6.14. The fourth-order valence-electron chi connectivity index (χ4n) is 2.51. The van der Waals surface area contributed by atoms with E-state index in [1.807, 2.05) is 0 Å². The number of hydrogen-bond donors (Lipinski definition) is 5. The highest BCUT2D eigenvalue weighted by atomic mass is 16.4. The maximum atomic E-state index is 11.9. The number of aliphatic carboxylic acids is 1. The summed E-state index contributed by atoms with van der Waals surface area (Å²) >= 11 is 0. The minimum Gasteiger partial charge on any atom is -0.508 e. The summed E-state index contributed by atoms with van der Waals surface area (Å²) in [5.41, 5.74) is 0.666. The van der Waals surface area contributed by atoms with Gasteiger partial charge in [-0.15, -0.1) is 0 Å². The molecule has 1 aromatic rings. The van der Waals surface area contributed by atoms with Gasteiger partial charge in [0.2, 0.25) is 11.8 Å². The summed E-state index contributed by atoms with van der Waals surface area (Å²) in [6, 6.07) is 4.68. The van der Waals surface area contributed by atoms with Gasteiger partial charge < -0.3 is 26.2 Å². The number of amides is 2. The first-order valence-electron chi connectivity index (χ1n) is 7.77. The van der Waals surface area contributed by atoms with Gasteiger partial charge in [-0.1, -0.05) is 12.1 Å². The van der Waals surface area contributed by atoms with Crippen molar-refractivity contribution in [1.29, 1.82) is 0 Å². The van der Waals surface area contributed by atoms with E-state index >= 15 is 0 Å². The molecule has 8 heteroatoms. The zero-order valence-corrected chi connectivity index (χ0v) is 13.1. The number of hydrogen-bond acceptors (Lipinski definition) is 5. The molecule has 2 atom stereocenters. The van der Waals surface area contributed by atoms with Gasteiger partial charge in [-0.25, -0.2) is 4.79 Å². The van der Waals surface area contributed by atoms with E-state index in [2.05, 4.69) is 16.0 Å². The van der Waals surface area contributed by atoms with Gasteiger partial charge in [-0.2, -0.15) is 0 Å². The lowest BCUT2D eigenvalue weighted by atomic mass is 10.1. The average Bonchev–Trinajstić information content (AvgIpc) is 3.08. The molecule has 8 nitrogen and oxygen atoms in total. The number of aromatic hydroxyl groups is 1. The second-order valence-electron chi connectivity index (χ2n) is 5.70. The molecule has 1 aliphatic rings. The van der Waals surface area contributed by atoms with Crippen molar-refractivity contribution in [2.24, 2.45) is 0 Å². The lowest BCUT2D eigenvalue weighted by molar-refractivity contribution is -0.141. The van der Waals surface area contributed by atoms with Crippen LogP contribution in [0.25, 0.3) is 0 Å². The Morgan fingerprint density at radius 1 is 1.25 bits per heavy atom. The number of carboxylic acids is 1. The van der Waals surface area contributed by atoms with Gasteiger partial charge in [0, 0.05) is 6.42 Å². The average molecular weight is 335 g/mol. The highest BCUT2D eigenvalue weighted by Crippen LogP contribution is 2.11. The fraction of sp³-hybridized carbons (Fsp3) is 0.438. The van der Waals surface area contributed by atoms with Gasteiger partial charge in [0.05, 0.1) is 12.6 Å². The van der Waals surface area contributed by atoms with E-state index in [0.29, 0.717) is 5.56 Å². The third kappa shape index (κ3) is 5.24. The minimum absolute atomic E-state index is 0.0814. The number of benzene rings is 1. The molecule has 1 fully saturated rings. The number of phenolic OH excluding ortho intramolecular Hbond substituents is 1. The van der Waals surface area contributed by atoms with Crippen molar-refractivity contribution in [3.05, 3.63) is 29.8 Å². The summed E-state index contributed by atoms with van der Waals surface area (Å²) in [6.07, 6.45) is 1.73. The molecule has 24 heavy (non-hydrogen) atoms. The van der Waals surface area contributed by atoms with Crippen molar-refractivity contribution in [3.8, 4) is 5.75 Å². The van der Waals surface area contributed by atoms with Crippen LogP contribution in [0.4, 0.5) is 0 Å². The van der Waals surface area contributed by atoms with Crippen LogP contribution in [-0.2, 0) is 20.8 Å². The normalized spacial score (nSPS) is 17.9. The summed E-state index contributed by atoms with van der Waals surface area (Å²) in [6.45, 7) is 0.508. The first-order valence-corrected chi connectivity index (χ1v) is 7.77. The maximum absolute atomic E-state index is 11.9. The van der Waals surface area contributed by atoms with E-state index < -0.39 is 17.9 Å². The largest absolute Gasteiger partial charge is 0.508 e. The van der Waals surface area contributed by atoms with Crippen molar-refractivity contribution >= 4 is 17.8 Å². The van der Waals surface area contributed by atoms with Crippen LogP contribution in [0.5, 0.6) is 5.75 Å². The summed E-state index contributed by atoms with van der Waals surface area (Å²) in [5.74, 6) is -1.90. The number of rotatable bonds is 7. The zero-order chi connectivity index (χ0) is 17.5. The Bertz CT molecular complexity index is 596. The molecule has 130 valence electrons. The predicted octanol–water partition coefficient (Wildman–Crippen LogP) is -0.628. The van der Waals surface area contributed by atoms with E-state index in [1.165, 1.54) is 12.1 Å². The monoisotopic (exact) mass is 335 g/mol. The van der Waals surface area contributed by atoms with Crippen LogP contribution in [0, 0.1) is 0 Å². The number of nitrogens with one attached hydrogen (secondary N) is 3. The number of carbonyl (C=O) groups excluding carboxylic acids is 2. The van der Waals surface area contributed by atoms with Crippen LogP contribution in [0.1, 0.15) is 18.4 Å². The molecule has 0 unspecified atom stereocenters. The molecule has 0 aromatic heterocycles. The summed E-state index contributed by atoms with van der Waals surface area (Å²) < 4.78 is 0. The summed E-state index contributed by atoms with van der Waals surface area (Å²) in [4.78, 5) is 35.0. The third-order valence-electron chi connectivity index (χ3n) is 3.81. The minimum atomic E-state index is -1.17. The molecular formula is C16H21N3O5. The highest BCUT2D eigenvalue weighted by Gasteiger charge is 2.24. The molecule has 1 saturated heterocycles. The predicted molar refractivity (Wildman–Crippen MR) is 85.4 cm³/mol. The molecule has 2 rings (SSSR count). The van der Waals surface area contributed by atoms with Gasteiger partial charge in [-0.05, 0) is 37.1 Å². The van der Waals surface area contributed by atoms with Crippen molar-refractivity contribution in [2.45, 2.75) is 31.3 Å².